The van der Waals surface area contributed by atoms with E-state index in [4.69, 9.17) is 42.8 Å². The molecule has 1 N–H and O–H groups in total. The monoisotopic (exact) mass is 416 g/mol. The lowest BCUT2D eigenvalue weighted by Gasteiger charge is -2.21. The number of hydrogen-bond acceptors (Lipinski definition) is 6. The number of fused-ring (bicyclic) bond motifs is 2. The minimum Gasteiger partial charge on any atom is -0.493 e. The fourth-order valence-corrected chi connectivity index (χ4v) is 3.61. The molecule has 0 aliphatic carbocycles. The van der Waals surface area contributed by atoms with E-state index in [9.17, 15) is 0 Å². The van der Waals surface area contributed by atoms with Gasteiger partial charge in [0.2, 0.25) is 11.6 Å². The summed E-state index contributed by atoms with van der Waals surface area (Å²) < 4.78 is 22.7. The van der Waals surface area contributed by atoms with E-state index in [0.29, 0.717) is 45.0 Å². The molecule has 4 rings (SSSR count). The SMILES string of the molecule is COc1cc(-c2nc(=S)c3c([nH]2)Oc2ccc(Cl)cc2C3)cc(OC)c1OC. The number of H-pyrrole nitrogens is 1. The van der Waals surface area contributed by atoms with Crippen LogP contribution < -0.4 is 18.9 Å². The van der Waals surface area contributed by atoms with Crippen LogP contribution in [0.1, 0.15) is 11.1 Å². The normalized spacial score (nSPS) is 11.9. The number of aromatic nitrogens is 2. The molecule has 0 atom stereocenters. The molecular weight excluding hydrogens is 400 g/mol. The Balaban J connectivity index is 1.82. The Hall–Kier alpha value is -2.77. The van der Waals surface area contributed by atoms with Crippen LogP contribution in [0, 0.1) is 4.64 Å². The molecule has 0 bridgehead atoms. The van der Waals surface area contributed by atoms with Crippen LogP contribution in [0.25, 0.3) is 11.4 Å². The van der Waals surface area contributed by atoms with E-state index in [2.05, 4.69) is 9.97 Å². The van der Waals surface area contributed by atoms with E-state index in [0.717, 1.165) is 22.4 Å². The van der Waals surface area contributed by atoms with Crippen molar-refractivity contribution in [2.24, 2.45) is 0 Å². The molecule has 1 aromatic heterocycles. The maximum absolute atomic E-state index is 6.09. The van der Waals surface area contributed by atoms with Gasteiger partial charge in [-0.05, 0) is 30.3 Å². The highest BCUT2D eigenvalue weighted by atomic mass is 35.5. The first-order valence-corrected chi connectivity index (χ1v) is 9.22. The lowest BCUT2D eigenvalue weighted by atomic mass is 10.0. The van der Waals surface area contributed by atoms with Gasteiger partial charge in [0.25, 0.3) is 0 Å². The van der Waals surface area contributed by atoms with Gasteiger partial charge in [0.15, 0.2) is 11.5 Å². The number of nitrogens with one attached hydrogen (secondary N) is 1. The third-order valence-corrected chi connectivity index (χ3v) is 5.09. The van der Waals surface area contributed by atoms with Crippen LogP contribution in [-0.2, 0) is 6.42 Å². The van der Waals surface area contributed by atoms with Gasteiger partial charge in [-0.1, -0.05) is 23.8 Å². The van der Waals surface area contributed by atoms with Gasteiger partial charge in [0.1, 0.15) is 16.2 Å². The molecule has 2 heterocycles. The van der Waals surface area contributed by atoms with Gasteiger partial charge in [-0.25, -0.2) is 4.98 Å². The van der Waals surface area contributed by atoms with E-state index >= 15 is 0 Å². The van der Waals surface area contributed by atoms with Crippen LogP contribution in [0.2, 0.25) is 5.02 Å². The topological polar surface area (TPSA) is 65.6 Å². The molecule has 28 heavy (non-hydrogen) atoms. The van der Waals surface area contributed by atoms with Crippen LogP contribution in [-0.4, -0.2) is 31.3 Å². The first-order chi connectivity index (χ1) is 13.5. The van der Waals surface area contributed by atoms with Gasteiger partial charge in [-0.15, -0.1) is 0 Å². The minimum atomic E-state index is 0.461. The molecule has 0 radical (unpaired) electrons. The predicted molar refractivity (Wildman–Crippen MR) is 109 cm³/mol. The average Bonchev–Trinajstić information content (AvgIpc) is 2.71. The van der Waals surface area contributed by atoms with Gasteiger partial charge in [-0.3, -0.25) is 0 Å². The summed E-state index contributed by atoms with van der Waals surface area (Å²) in [6, 6.07) is 9.12. The smallest absolute Gasteiger partial charge is 0.205 e. The lowest BCUT2D eigenvalue weighted by Crippen LogP contribution is -2.08. The third-order valence-electron chi connectivity index (χ3n) is 4.52. The Labute approximate surface area is 172 Å². The van der Waals surface area contributed by atoms with Crippen molar-refractivity contribution in [3.63, 3.8) is 0 Å². The van der Waals surface area contributed by atoms with Crippen molar-refractivity contribution in [3.05, 3.63) is 51.1 Å². The van der Waals surface area contributed by atoms with Crippen molar-refractivity contribution in [1.82, 2.24) is 9.97 Å². The Morgan fingerprint density at radius 2 is 1.79 bits per heavy atom. The van der Waals surface area contributed by atoms with E-state index in [1.165, 1.54) is 0 Å². The standard InChI is InChI=1S/C20H17ClN2O4S/c1-24-15-8-11(9-16(25-2)17(15)26-3)18-22-19-13(20(28)23-18)7-10-6-12(21)4-5-14(10)27-19/h4-6,8-9H,7H2,1-3H3,(H,22,23,28). The number of benzene rings is 2. The molecule has 0 fully saturated rings. The minimum absolute atomic E-state index is 0.461. The van der Waals surface area contributed by atoms with Gasteiger partial charge < -0.3 is 23.9 Å². The highest BCUT2D eigenvalue weighted by Crippen LogP contribution is 2.42. The number of methoxy groups -OCH3 is 3. The quantitative estimate of drug-likeness (QED) is 0.462. The Bertz CT molecular complexity index is 1100. The second-order valence-electron chi connectivity index (χ2n) is 6.14. The molecule has 144 valence electrons. The number of ether oxygens (including phenoxy) is 4. The van der Waals surface area contributed by atoms with Crippen molar-refractivity contribution in [3.8, 4) is 40.3 Å². The summed E-state index contributed by atoms with van der Waals surface area (Å²) in [7, 11) is 4.69. The molecule has 0 saturated carbocycles. The zero-order chi connectivity index (χ0) is 19.8. The summed E-state index contributed by atoms with van der Waals surface area (Å²) in [5.41, 5.74) is 2.52. The van der Waals surface area contributed by atoms with Crippen LogP contribution in [0.3, 0.4) is 0 Å². The summed E-state index contributed by atoms with van der Waals surface area (Å²) >= 11 is 11.6. The van der Waals surface area contributed by atoms with E-state index in [-0.39, 0.29) is 0 Å². The van der Waals surface area contributed by atoms with E-state index < -0.39 is 0 Å². The fraction of sp³-hybridized carbons (Fsp3) is 0.200. The summed E-state index contributed by atoms with van der Waals surface area (Å²) in [5, 5.41) is 0.655. The molecular formula is C20H17ClN2O4S. The van der Waals surface area contributed by atoms with Gasteiger partial charge in [-0.2, -0.15) is 0 Å². The largest absolute Gasteiger partial charge is 0.493 e. The number of rotatable bonds is 4. The first kappa shape index (κ1) is 18.6. The Kier molecular flexibility index (Phi) is 4.87. The summed E-state index contributed by atoms with van der Waals surface area (Å²) in [5.74, 6) is 3.41. The predicted octanol–water partition coefficient (Wildman–Crippen LogP) is 5.18. The molecule has 0 amide bonds. The molecule has 6 nitrogen and oxygen atoms in total. The number of hydrogen-bond donors (Lipinski definition) is 1. The second-order valence-corrected chi connectivity index (χ2v) is 6.97. The third kappa shape index (κ3) is 3.16. The summed E-state index contributed by atoms with van der Waals surface area (Å²) in [6.45, 7) is 0. The maximum atomic E-state index is 6.09. The van der Waals surface area contributed by atoms with Crippen molar-refractivity contribution in [1.29, 1.82) is 0 Å². The Morgan fingerprint density at radius 3 is 2.43 bits per heavy atom. The first-order valence-electron chi connectivity index (χ1n) is 8.44. The van der Waals surface area contributed by atoms with Crippen LogP contribution >= 0.6 is 23.8 Å². The van der Waals surface area contributed by atoms with Crippen LogP contribution in [0.4, 0.5) is 0 Å². The van der Waals surface area contributed by atoms with Crippen molar-refractivity contribution < 1.29 is 18.9 Å². The molecule has 2 aromatic carbocycles. The number of nitrogens with zero attached hydrogens (tertiary/aromatic N) is 1. The second kappa shape index (κ2) is 7.33. The molecule has 0 saturated heterocycles. The zero-order valence-corrected chi connectivity index (χ0v) is 17.0. The molecule has 3 aromatic rings. The van der Waals surface area contributed by atoms with Crippen LogP contribution in [0.15, 0.2) is 30.3 Å². The maximum Gasteiger partial charge on any atom is 0.205 e. The number of aromatic amines is 1. The highest BCUT2D eigenvalue weighted by Gasteiger charge is 2.22. The van der Waals surface area contributed by atoms with Crippen LogP contribution in [0.5, 0.6) is 28.9 Å². The van der Waals surface area contributed by atoms with Crippen molar-refractivity contribution in [2.75, 3.05) is 21.3 Å². The van der Waals surface area contributed by atoms with Gasteiger partial charge in [0, 0.05) is 22.6 Å². The lowest BCUT2D eigenvalue weighted by molar-refractivity contribution is 0.324. The van der Waals surface area contributed by atoms with E-state index in [1.807, 2.05) is 12.1 Å². The Morgan fingerprint density at radius 1 is 1.07 bits per heavy atom. The van der Waals surface area contributed by atoms with Gasteiger partial charge in [0.05, 0.1) is 26.9 Å². The van der Waals surface area contributed by atoms with Crippen molar-refractivity contribution >= 4 is 23.8 Å². The summed E-state index contributed by atoms with van der Waals surface area (Å²) in [6.07, 6.45) is 0.600. The molecule has 0 spiro atoms. The molecule has 0 unspecified atom stereocenters. The molecule has 1 aliphatic heterocycles. The number of halogens is 1. The van der Waals surface area contributed by atoms with Gasteiger partial charge >= 0.3 is 0 Å². The molecule has 8 heteroatoms. The zero-order valence-electron chi connectivity index (χ0n) is 15.5. The van der Waals surface area contributed by atoms with Crippen molar-refractivity contribution in [2.45, 2.75) is 6.42 Å². The fourth-order valence-electron chi connectivity index (χ4n) is 3.16. The molecule has 1 aliphatic rings. The highest BCUT2D eigenvalue weighted by molar-refractivity contribution is 7.71. The summed E-state index contributed by atoms with van der Waals surface area (Å²) in [4.78, 5) is 7.79. The average molecular weight is 417 g/mol. The van der Waals surface area contributed by atoms with E-state index in [1.54, 1.807) is 39.5 Å².